The number of amides is 1. The highest BCUT2D eigenvalue weighted by Crippen LogP contribution is 2.22. The van der Waals surface area contributed by atoms with Crippen molar-refractivity contribution >= 4 is 5.91 Å². The normalized spacial score (nSPS) is 11.5. The van der Waals surface area contributed by atoms with Crippen molar-refractivity contribution in [3.8, 4) is 6.07 Å². The smallest absolute Gasteiger partial charge is 0.234 e. The summed E-state index contributed by atoms with van der Waals surface area (Å²) in [6, 6.07) is 20.3. The fraction of sp³-hybridized carbons (Fsp3) is 0.263. The van der Waals surface area contributed by atoms with Crippen LogP contribution in [0.1, 0.15) is 29.2 Å². The van der Waals surface area contributed by atoms with Crippen molar-refractivity contribution in [3.63, 3.8) is 0 Å². The van der Waals surface area contributed by atoms with Crippen LogP contribution in [0.5, 0.6) is 0 Å². The van der Waals surface area contributed by atoms with Crippen molar-refractivity contribution < 1.29 is 4.79 Å². The van der Waals surface area contributed by atoms with E-state index in [9.17, 15) is 4.79 Å². The number of nitrogens with zero attached hydrogens (tertiary/aromatic N) is 1. The topological polar surface area (TPSA) is 64.9 Å². The van der Waals surface area contributed by atoms with Crippen molar-refractivity contribution in [2.24, 2.45) is 0 Å². The van der Waals surface area contributed by atoms with Gasteiger partial charge in [-0.3, -0.25) is 10.1 Å². The van der Waals surface area contributed by atoms with E-state index < -0.39 is 0 Å². The Morgan fingerprint density at radius 1 is 1.09 bits per heavy atom. The summed E-state index contributed by atoms with van der Waals surface area (Å²) in [6.45, 7) is 2.65. The van der Waals surface area contributed by atoms with Gasteiger partial charge in [-0.25, -0.2) is 0 Å². The van der Waals surface area contributed by atoms with E-state index in [0.717, 1.165) is 11.1 Å². The second kappa shape index (κ2) is 8.72. The van der Waals surface area contributed by atoms with Crippen LogP contribution in [0.2, 0.25) is 0 Å². The second-order valence-electron chi connectivity index (χ2n) is 5.39. The molecule has 0 radical (unpaired) electrons. The van der Waals surface area contributed by atoms with Gasteiger partial charge in [-0.1, -0.05) is 60.2 Å². The van der Waals surface area contributed by atoms with E-state index in [4.69, 9.17) is 5.26 Å². The highest BCUT2D eigenvalue weighted by molar-refractivity contribution is 5.78. The lowest BCUT2D eigenvalue weighted by Gasteiger charge is -2.20. The number of nitriles is 1. The van der Waals surface area contributed by atoms with Gasteiger partial charge in [-0.15, -0.1) is 0 Å². The molecule has 1 atom stereocenters. The zero-order valence-corrected chi connectivity index (χ0v) is 13.3. The van der Waals surface area contributed by atoms with E-state index in [0.29, 0.717) is 13.0 Å². The predicted molar refractivity (Wildman–Crippen MR) is 90.7 cm³/mol. The number of carbonyl (C=O) groups excluding carboxylic acids is 1. The van der Waals surface area contributed by atoms with Gasteiger partial charge in [0.15, 0.2) is 0 Å². The summed E-state index contributed by atoms with van der Waals surface area (Å²) in [7, 11) is 0. The number of hydrogen-bond donors (Lipinski definition) is 2. The Labute approximate surface area is 137 Å². The molecule has 0 aliphatic carbocycles. The van der Waals surface area contributed by atoms with E-state index in [1.807, 2.05) is 36.4 Å². The molecule has 23 heavy (non-hydrogen) atoms. The van der Waals surface area contributed by atoms with Crippen LogP contribution in [0.15, 0.2) is 54.6 Å². The highest BCUT2D eigenvalue weighted by atomic mass is 16.1. The molecule has 0 spiro atoms. The maximum atomic E-state index is 11.9. The zero-order chi connectivity index (χ0) is 16.5. The Balaban J connectivity index is 2.07. The van der Waals surface area contributed by atoms with Crippen molar-refractivity contribution in [3.05, 3.63) is 71.3 Å². The maximum Gasteiger partial charge on any atom is 0.234 e. The van der Waals surface area contributed by atoms with Gasteiger partial charge in [0.2, 0.25) is 5.91 Å². The molecule has 0 bridgehead atoms. The molecule has 0 aromatic heterocycles. The van der Waals surface area contributed by atoms with Gasteiger partial charge in [0.25, 0.3) is 0 Å². The number of benzene rings is 2. The monoisotopic (exact) mass is 307 g/mol. The van der Waals surface area contributed by atoms with Crippen LogP contribution in [-0.2, 0) is 4.79 Å². The minimum atomic E-state index is -0.103. The van der Waals surface area contributed by atoms with Gasteiger partial charge < -0.3 is 5.32 Å². The quantitative estimate of drug-likeness (QED) is 0.773. The van der Waals surface area contributed by atoms with Crippen LogP contribution in [0.25, 0.3) is 0 Å². The second-order valence-corrected chi connectivity index (χ2v) is 5.39. The summed E-state index contributed by atoms with van der Waals surface area (Å²) in [5.41, 5.74) is 3.43. The minimum Gasteiger partial charge on any atom is -0.354 e. The van der Waals surface area contributed by atoms with Crippen LogP contribution in [0.4, 0.5) is 0 Å². The molecule has 0 fully saturated rings. The number of carbonyl (C=O) groups is 1. The molecule has 2 aromatic rings. The Hall–Kier alpha value is -2.64. The third-order valence-electron chi connectivity index (χ3n) is 3.57. The van der Waals surface area contributed by atoms with Crippen molar-refractivity contribution in [1.82, 2.24) is 10.6 Å². The molecule has 2 N–H and O–H groups in total. The molecule has 1 amide bonds. The molecule has 0 saturated carbocycles. The Bertz CT molecular complexity index is 659. The molecule has 0 unspecified atom stereocenters. The van der Waals surface area contributed by atoms with Crippen LogP contribution < -0.4 is 10.6 Å². The molecule has 4 nitrogen and oxygen atoms in total. The molecule has 4 heteroatoms. The lowest BCUT2D eigenvalue weighted by Crippen LogP contribution is -2.36. The molecule has 0 aliphatic heterocycles. The van der Waals surface area contributed by atoms with E-state index in [1.54, 1.807) is 0 Å². The van der Waals surface area contributed by atoms with Gasteiger partial charge >= 0.3 is 0 Å². The standard InChI is InChI=1S/C19H21N3O/c1-15-8-10-17(11-9-15)19(16-6-3-2-4-7-16)22-14-18(23)21-13-5-12-20/h2-4,6-11,19,22H,5,13-14H2,1H3,(H,21,23)/t19-/m0/s1. The Morgan fingerprint density at radius 3 is 2.39 bits per heavy atom. The zero-order valence-electron chi connectivity index (χ0n) is 13.3. The van der Waals surface area contributed by atoms with E-state index in [1.165, 1.54) is 5.56 Å². The first-order valence-corrected chi connectivity index (χ1v) is 7.69. The molecular formula is C19H21N3O. The Morgan fingerprint density at radius 2 is 1.74 bits per heavy atom. The molecule has 0 heterocycles. The summed E-state index contributed by atoms with van der Waals surface area (Å²) in [5.74, 6) is -0.103. The lowest BCUT2D eigenvalue weighted by molar-refractivity contribution is -0.120. The Kier molecular flexibility index (Phi) is 6.34. The first-order chi connectivity index (χ1) is 11.2. The summed E-state index contributed by atoms with van der Waals surface area (Å²) in [4.78, 5) is 11.9. The van der Waals surface area contributed by atoms with Crippen molar-refractivity contribution in [1.29, 1.82) is 5.26 Å². The van der Waals surface area contributed by atoms with Gasteiger partial charge in [-0.2, -0.15) is 5.26 Å². The van der Waals surface area contributed by atoms with E-state index in [-0.39, 0.29) is 18.5 Å². The molecule has 0 saturated heterocycles. The maximum absolute atomic E-state index is 11.9. The SMILES string of the molecule is Cc1ccc([C@@H](NCC(=O)NCCC#N)c2ccccc2)cc1. The summed E-state index contributed by atoms with van der Waals surface area (Å²) in [5, 5.41) is 14.5. The third-order valence-corrected chi connectivity index (χ3v) is 3.57. The largest absolute Gasteiger partial charge is 0.354 e. The lowest BCUT2D eigenvalue weighted by atomic mass is 9.98. The molecule has 2 aromatic carbocycles. The molecule has 0 aliphatic rings. The van der Waals surface area contributed by atoms with E-state index in [2.05, 4.69) is 41.8 Å². The average molecular weight is 307 g/mol. The third kappa shape index (κ3) is 5.24. The molecule has 118 valence electrons. The van der Waals surface area contributed by atoms with Crippen LogP contribution in [0.3, 0.4) is 0 Å². The fourth-order valence-corrected chi connectivity index (χ4v) is 2.35. The fourth-order valence-electron chi connectivity index (χ4n) is 2.35. The number of aryl methyl sites for hydroxylation is 1. The first-order valence-electron chi connectivity index (χ1n) is 7.69. The van der Waals surface area contributed by atoms with Crippen LogP contribution >= 0.6 is 0 Å². The van der Waals surface area contributed by atoms with Gasteiger partial charge in [0, 0.05) is 6.54 Å². The number of hydrogen-bond acceptors (Lipinski definition) is 3. The van der Waals surface area contributed by atoms with Gasteiger partial charge in [0.05, 0.1) is 25.1 Å². The molecular weight excluding hydrogens is 286 g/mol. The number of rotatable bonds is 7. The summed E-state index contributed by atoms with van der Waals surface area (Å²) in [6.07, 6.45) is 0.325. The summed E-state index contributed by atoms with van der Waals surface area (Å²) >= 11 is 0. The molecule has 2 rings (SSSR count). The van der Waals surface area contributed by atoms with Crippen LogP contribution in [-0.4, -0.2) is 19.0 Å². The first kappa shape index (κ1) is 16.7. The van der Waals surface area contributed by atoms with Crippen LogP contribution in [0, 0.1) is 18.3 Å². The minimum absolute atomic E-state index is 0.0430. The average Bonchev–Trinajstić information content (AvgIpc) is 2.58. The van der Waals surface area contributed by atoms with E-state index >= 15 is 0 Å². The predicted octanol–water partition coefficient (Wildman–Crippen LogP) is 2.70. The van der Waals surface area contributed by atoms with Gasteiger partial charge in [0.1, 0.15) is 0 Å². The van der Waals surface area contributed by atoms with Crippen molar-refractivity contribution in [2.75, 3.05) is 13.1 Å². The highest BCUT2D eigenvalue weighted by Gasteiger charge is 2.14. The van der Waals surface area contributed by atoms with Gasteiger partial charge in [-0.05, 0) is 18.1 Å². The summed E-state index contributed by atoms with van der Waals surface area (Å²) < 4.78 is 0. The van der Waals surface area contributed by atoms with Crippen molar-refractivity contribution in [2.45, 2.75) is 19.4 Å². The number of nitrogens with one attached hydrogen (secondary N) is 2.